The van der Waals surface area contributed by atoms with E-state index in [4.69, 9.17) is 9.79 Å². The van der Waals surface area contributed by atoms with Crippen molar-refractivity contribution in [3.63, 3.8) is 0 Å². The molecule has 0 amide bonds. The quantitative estimate of drug-likeness (QED) is 0.117. The van der Waals surface area contributed by atoms with Crippen molar-refractivity contribution >= 4 is 7.82 Å². The third-order valence-electron chi connectivity index (χ3n) is 4.92. The zero-order chi connectivity index (χ0) is 20.1. The molecule has 2 N–H and O–H groups in total. The average molecular weight is 405 g/mol. The Labute approximate surface area is 168 Å². The van der Waals surface area contributed by atoms with Gasteiger partial charge in [-0.15, -0.1) is 0 Å². The summed E-state index contributed by atoms with van der Waals surface area (Å²) in [5, 5.41) is 0. The fourth-order valence-electron chi connectivity index (χ4n) is 3.24. The number of phosphoric ester groups is 1. The van der Waals surface area contributed by atoms with Gasteiger partial charge in [0.2, 0.25) is 0 Å². The van der Waals surface area contributed by atoms with Gasteiger partial charge in [-0.05, 0) is 32.1 Å². The van der Waals surface area contributed by atoms with Crippen LogP contribution >= 0.6 is 7.82 Å². The van der Waals surface area contributed by atoms with E-state index in [1.165, 1.54) is 96.3 Å². The zero-order valence-corrected chi connectivity index (χ0v) is 18.6. The van der Waals surface area contributed by atoms with Crippen molar-refractivity contribution in [3.8, 4) is 0 Å². The first kappa shape index (κ1) is 26.9. The van der Waals surface area contributed by atoms with E-state index in [9.17, 15) is 4.57 Å². The summed E-state index contributed by atoms with van der Waals surface area (Å²) in [5.74, 6) is 0. The molecule has 27 heavy (non-hydrogen) atoms. The van der Waals surface area contributed by atoms with E-state index in [1.807, 2.05) is 0 Å². The van der Waals surface area contributed by atoms with Gasteiger partial charge in [0.1, 0.15) is 0 Å². The highest BCUT2D eigenvalue weighted by molar-refractivity contribution is 7.46. The minimum Gasteiger partial charge on any atom is -0.303 e. The molecular formula is C22H45O4P. The summed E-state index contributed by atoms with van der Waals surface area (Å²) in [5.41, 5.74) is 0. The monoisotopic (exact) mass is 404 g/mol. The minimum absolute atomic E-state index is 0.164. The van der Waals surface area contributed by atoms with Crippen molar-refractivity contribution in [1.29, 1.82) is 0 Å². The summed E-state index contributed by atoms with van der Waals surface area (Å²) in [6, 6.07) is 0. The summed E-state index contributed by atoms with van der Waals surface area (Å²) in [4.78, 5) is 17.1. The second kappa shape index (κ2) is 20.6. The van der Waals surface area contributed by atoms with E-state index in [0.717, 1.165) is 19.3 Å². The highest BCUT2D eigenvalue weighted by Gasteiger charge is 2.12. The average Bonchev–Trinajstić information content (AvgIpc) is 2.62. The SMILES string of the molecule is CCCCCCCC/C=C\CCCCCCCCCCCCOP(=O)(O)O. The lowest BCUT2D eigenvalue weighted by atomic mass is 10.1. The maximum Gasteiger partial charge on any atom is 0.469 e. The van der Waals surface area contributed by atoms with Crippen LogP contribution in [0.2, 0.25) is 0 Å². The molecular weight excluding hydrogens is 359 g/mol. The van der Waals surface area contributed by atoms with Crippen LogP contribution in [-0.2, 0) is 9.09 Å². The van der Waals surface area contributed by atoms with Gasteiger partial charge in [0.15, 0.2) is 0 Å². The molecule has 0 atom stereocenters. The lowest BCUT2D eigenvalue weighted by molar-refractivity contribution is 0.193. The smallest absolute Gasteiger partial charge is 0.303 e. The molecule has 0 saturated carbocycles. The van der Waals surface area contributed by atoms with Crippen LogP contribution in [-0.4, -0.2) is 16.4 Å². The van der Waals surface area contributed by atoms with Gasteiger partial charge in [0.05, 0.1) is 6.61 Å². The lowest BCUT2D eigenvalue weighted by Gasteiger charge is -2.05. The van der Waals surface area contributed by atoms with Crippen LogP contribution in [0.25, 0.3) is 0 Å². The Morgan fingerprint density at radius 3 is 1.41 bits per heavy atom. The predicted molar refractivity (Wildman–Crippen MR) is 116 cm³/mol. The van der Waals surface area contributed by atoms with E-state index >= 15 is 0 Å². The number of hydrogen-bond donors (Lipinski definition) is 2. The van der Waals surface area contributed by atoms with Gasteiger partial charge in [-0.1, -0.05) is 103 Å². The minimum atomic E-state index is -4.26. The van der Waals surface area contributed by atoms with Gasteiger partial charge < -0.3 is 9.79 Å². The van der Waals surface area contributed by atoms with Crippen LogP contribution < -0.4 is 0 Å². The molecule has 0 fully saturated rings. The highest BCUT2D eigenvalue weighted by atomic mass is 31.2. The van der Waals surface area contributed by atoms with Crippen LogP contribution in [0.15, 0.2) is 12.2 Å². The van der Waals surface area contributed by atoms with Crippen molar-refractivity contribution in [1.82, 2.24) is 0 Å². The van der Waals surface area contributed by atoms with Crippen LogP contribution in [0, 0.1) is 0 Å². The van der Waals surface area contributed by atoms with Crippen molar-refractivity contribution in [2.45, 2.75) is 122 Å². The van der Waals surface area contributed by atoms with Crippen LogP contribution in [0.3, 0.4) is 0 Å². The Kier molecular flexibility index (Phi) is 20.5. The summed E-state index contributed by atoms with van der Waals surface area (Å²) in [6.45, 7) is 2.43. The summed E-state index contributed by atoms with van der Waals surface area (Å²) in [7, 11) is -4.26. The molecule has 0 aromatic heterocycles. The second-order valence-electron chi connectivity index (χ2n) is 7.68. The van der Waals surface area contributed by atoms with E-state index in [2.05, 4.69) is 23.6 Å². The molecule has 4 nitrogen and oxygen atoms in total. The number of allylic oxidation sites excluding steroid dienone is 2. The van der Waals surface area contributed by atoms with Gasteiger partial charge in [0, 0.05) is 0 Å². The maximum atomic E-state index is 10.5. The lowest BCUT2D eigenvalue weighted by Crippen LogP contribution is -1.92. The third kappa shape index (κ3) is 25.8. The molecule has 0 aromatic carbocycles. The Bertz CT molecular complexity index is 365. The molecule has 0 aromatic rings. The van der Waals surface area contributed by atoms with Gasteiger partial charge in [-0.3, -0.25) is 4.52 Å². The molecule has 5 heteroatoms. The zero-order valence-electron chi connectivity index (χ0n) is 17.7. The van der Waals surface area contributed by atoms with E-state index in [0.29, 0.717) is 0 Å². The summed E-state index contributed by atoms with van der Waals surface area (Å²) >= 11 is 0. The molecule has 0 spiro atoms. The molecule has 0 heterocycles. The number of rotatable bonds is 21. The van der Waals surface area contributed by atoms with E-state index in [1.54, 1.807) is 0 Å². The van der Waals surface area contributed by atoms with Crippen molar-refractivity contribution < 1.29 is 18.9 Å². The van der Waals surface area contributed by atoms with Crippen LogP contribution in [0.1, 0.15) is 122 Å². The van der Waals surface area contributed by atoms with Crippen LogP contribution in [0.5, 0.6) is 0 Å². The first-order valence-electron chi connectivity index (χ1n) is 11.4. The van der Waals surface area contributed by atoms with Gasteiger partial charge >= 0.3 is 7.82 Å². The highest BCUT2D eigenvalue weighted by Crippen LogP contribution is 2.35. The van der Waals surface area contributed by atoms with E-state index in [-0.39, 0.29) is 6.61 Å². The van der Waals surface area contributed by atoms with Gasteiger partial charge in [0.25, 0.3) is 0 Å². The van der Waals surface area contributed by atoms with E-state index < -0.39 is 7.82 Å². The largest absolute Gasteiger partial charge is 0.469 e. The fraction of sp³-hybridized carbons (Fsp3) is 0.909. The van der Waals surface area contributed by atoms with Crippen LogP contribution in [0.4, 0.5) is 0 Å². The normalized spacial score (nSPS) is 12.3. The molecule has 162 valence electrons. The Balaban J connectivity index is 3.10. The second-order valence-corrected chi connectivity index (χ2v) is 8.92. The molecule has 0 rings (SSSR count). The molecule has 0 bridgehead atoms. The number of unbranched alkanes of at least 4 members (excludes halogenated alkanes) is 16. The van der Waals surface area contributed by atoms with Crippen molar-refractivity contribution in [2.24, 2.45) is 0 Å². The molecule has 0 radical (unpaired) electrons. The van der Waals surface area contributed by atoms with Crippen molar-refractivity contribution in [2.75, 3.05) is 6.61 Å². The first-order chi connectivity index (χ1) is 13.1. The maximum absolute atomic E-state index is 10.5. The molecule has 0 aliphatic heterocycles. The number of hydrogen-bond acceptors (Lipinski definition) is 2. The summed E-state index contributed by atoms with van der Waals surface area (Å²) in [6.07, 6.45) is 27.6. The molecule has 0 unspecified atom stereocenters. The fourth-order valence-corrected chi connectivity index (χ4v) is 3.61. The molecule has 0 aliphatic rings. The topological polar surface area (TPSA) is 66.8 Å². The van der Waals surface area contributed by atoms with Crippen molar-refractivity contribution in [3.05, 3.63) is 12.2 Å². The Morgan fingerprint density at radius 2 is 1.00 bits per heavy atom. The molecule has 0 aliphatic carbocycles. The Morgan fingerprint density at radius 1 is 0.630 bits per heavy atom. The summed E-state index contributed by atoms with van der Waals surface area (Å²) < 4.78 is 14.9. The first-order valence-corrected chi connectivity index (χ1v) is 12.9. The van der Waals surface area contributed by atoms with Gasteiger partial charge in [-0.25, -0.2) is 4.57 Å². The third-order valence-corrected chi connectivity index (χ3v) is 5.43. The van der Waals surface area contributed by atoms with Gasteiger partial charge in [-0.2, -0.15) is 0 Å². The number of phosphoric acid groups is 1. The molecule has 0 saturated heterocycles. The Hall–Kier alpha value is -0.150. The predicted octanol–water partition coefficient (Wildman–Crippen LogP) is 7.69. The standard InChI is InChI=1S/C22H45O4P/c1-2-3-4-5-6-7-8-9-10-11-12-13-14-15-16-17-18-19-20-21-22-26-27(23,24)25/h9-10H,2-8,11-22H2,1H3,(H2,23,24,25)/b10-9-.